The first kappa shape index (κ1) is 46.2. The molecule has 0 aliphatic carbocycles. The summed E-state index contributed by atoms with van der Waals surface area (Å²) >= 11 is 0. The maximum Gasteiger partial charge on any atom is 0.472 e. The van der Waals surface area contributed by atoms with Crippen LogP contribution in [-0.2, 0) is 40.0 Å². The van der Waals surface area contributed by atoms with Crippen molar-refractivity contribution in [3.05, 3.63) is 53.7 Å². The van der Waals surface area contributed by atoms with Crippen molar-refractivity contribution >= 4 is 19.2 Å². The minimum atomic E-state index is -4.61. The summed E-state index contributed by atoms with van der Waals surface area (Å²) in [5.74, 6) is 0.131. The third-order valence-electron chi connectivity index (χ3n) is 10.2. The first-order valence-electron chi connectivity index (χ1n) is 20.3. The first-order chi connectivity index (χ1) is 27.6. The molecule has 16 nitrogen and oxygen atoms in total. The molecule has 0 amide bonds. The second-order valence-corrected chi connectivity index (χ2v) is 16.0. The molecule has 3 aromatic heterocycles. The van der Waals surface area contributed by atoms with Gasteiger partial charge in [-0.1, -0.05) is 96.8 Å². The summed E-state index contributed by atoms with van der Waals surface area (Å²) in [7, 11) is -4.61. The van der Waals surface area contributed by atoms with E-state index in [4.69, 9.17) is 34.3 Å². The second-order valence-electron chi connectivity index (χ2n) is 14.6. The molecule has 0 aromatic carbocycles. The predicted molar refractivity (Wildman–Crippen MR) is 211 cm³/mol. The third-order valence-corrected chi connectivity index (χ3v) is 11.2. The van der Waals surface area contributed by atoms with Crippen LogP contribution in [0.4, 0.5) is 5.82 Å². The van der Waals surface area contributed by atoms with Gasteiger partial charge in [0.25, 0.3) is 0 Å². The lowest BCUT2D eigenvalue weighted by Gasteiger charge is -2.24. The van der Waals surface area contributed by atoms with E-state index in [1.54, 1.807) is 18.2 Å². The molecule has 4 rings (SSSR count). The predicted octanol–water partition coefficient (Wildman–Crippen LogP) is 6.41. The van der Waals surface area contributed by atoms with Crippen LogP contribution in [0.15, 0.2) is 36.8 Å². The monoisotopic (exact) mass is 813 g/mol. The van der Waals surface area contributed by atoms with E-state index < -0.39 is 38.3 Å². The second kappa shape index (κ2) is 24.4. The number of phosphoric acid groups is 1. The number of aliphatic hydroxyl groups excluding tert-OH is 2. The first-order valence-corrected chi connectivity index (χ1v) is 21.8. The van der Waals surface area contributed by atoms with Crippen LogP contribution >= 0.6 is 7.82 Å². The number of nitrogens with two attached hydrogens (primary N) is 1. The number of ether oxygens (including phenoxy) is 3. The number of anilines is 1. The Morgan fingerprint density at radius 1 is 0.930 bits per heavy atom. The summed E-state index contributed by atoms with van der Waals surface area (Å²) in [6, 6.07) is 10.5. The van der Waals surface area contributed by atoms with Crippen LogP contribution in [0.1, 0.15) is 127 Å². The van der Waals surface area contributed by atoms with Crippen molar-refractivity contribution in [1.29, 1.82) is 10.5 Å². The van der Waals surface area contributed by atoms with Crippen LogP contribution in [0, 0.1) is 22.7 Å². The van der Waals surface area contributed by atoms with Crippen LogP contribution in [-0.4, -0.2) is 85.5 Å². The van der Waals surface area contributed by atoms with Gasteiger partial charge < -0.3 is 35.1 Å². The number of aliphatic hydroxyl groups is 2. The van der Waals surface area contributed by atoms with Gasteiger partial charge in [-0.3, -0.25) is 14.0 Å². The smallest absolute Gasteiger partial charge is 0.387 e. The molecule has 3 aromatic rings. The van der Waals surface area contributed by atoms with Gasteiger partial charge in [0.15, 0.2) is 5.82 Å². The number of aromatic nitrogens is 4. The van der Waals surface area contributed by atoms with Crippen LogP contribution < -0.4 is 5.73 Å². The van der Waals surface area contributed by atoms with Gasteiger partial charge in [-0.25, -0.2) is 14.1 Å². The Morgan fingerprint density at radius 3 is 2.25 bits per heavy atom. The molecule has 2 unspecified atom stereocenters. The van der Waals surface area contributed by atoms with E-state index in [9.17, 15) is 24.9 Å². The van der Waals surface area contributed by atoms with Gasteiger partial charge in [0.2, 0.25) is 5.60 Å². The number of hydrogen-bond donors (Lipinski definition) is 4. The molecule has 0 saturated carbocycles. The van der Waals surface area contributed by atoms with Crippen molar-refractivity contribution in [2.45, 2.75) is 146 Å². The topological polar surface area (TPSA) is 241 Å². The molecule has 57 heavy (non-hydrogen) atoms. The van der Waals surface area contributed by atoms with E-state index in [1.807, 2.05) is 6.07 Å². The average molecular weight is 814 g/mol. The van der Waals surface area contributed by atoms with E-state index in [1.165, 1.54) is 100 Å². The van der Waals surface area contributed by atoms with Gasteiger partial charge in [-0.05, 0) is 37.1 Å². The fraction of sp³-hybridized carbons (Fsp3) is 0.675. The minimum absolute atomic E-state index is 0.0877. The molecule has 17 heteroatoms. The molecular formula is C40H60N7O9P. The molecule has 6 atom stereocenters. The van der Waals surface area contributed by atoms with Gasteiger partial charge in [-0.15, -0.1) is 0 Å². The zero-order chi connectivity index (χ0) is 40.9. The summed E-state index contributed by atoms with van der Waals surface area (Å²) in [5.41, 5.74) is 5.46. The van der Waals surface area contributed by atoms with E-state index in [0.717, 1.165) is 19.3 Å². The maximum atomic E-state index is 12.7. The Morgan fingerprint density at radius 2 is 1.61 bits per heavy atom. The lowest BCUT2D eigenvalue weighted by molar-refractivity contribution is -0.0645. The summed E-state index contributed by atoms with van der Waals surface area (Å²) in [6.45, 7) is 2.26. The summed E-state index contributed by atoms with van der Waals surface area (Å²) < 4.78 is 42.0. The molecule has 0 spiro atoms. The van der Waals surface area contributed by atoms with E-state index in [2.05, 4.69) is 28.1 Å². The highest BCUT2D eigenvalue weighted by atomic mass is 31.2. The Hall–Kier alpha value is -3.54. The van der Waals surface area contributed by atoms with Crippen molar-refractivity contribution in [1.82, 2.24) is 19.6 Å². The van der Waals surface area contributed by atoms with Crippen molar-refractivity contribution in [2.24, 2.45) is 0 Å². The molecule has 1 fully saturated rings. The molecule has 0 bridgehead atoms. The van der Waals surface area contributed by atoms with Crippen molar-refractivity contribution < 1.29 is 42.9 Å². The van der Waals surface area contributed by atoms with E-state index in [0.29, 0.717) is 23.4 Å². The standard InChI is InChI=1S/C40H60N7O9P/c1-2-3-4-5-6-7-8-9-10-11-12-13-14-15-17-33(53-26-32-19-18-31(24-41)25-44-32)27-52-22-16-23-54-57(50,51)55-28-35-37(48)38(49)40(29-42,56-35)36-21-20-34-39(43)45-30-46-47(34)36/h18-21,25,30,33,35,37-38,48-49H,2-17,22-23,26-28H2,1H3,(H,50,51)(H2,43,45,46)/t33?,35-,37-,38-,40+/m1/s1. The summed E-state index contributed by atoms with van der Waals surface area (Å²) in [5, 5.41) is 44.8. The van der Waals surface area contributed by atoms with Crippen molar-refractivity contribution in [2.75, 3.05) is 32.2 Å². The number of fused-ring (bicyclic) bond motifs is 1. The zero-order valence-electron chi connectivity index (χ0n) is 33.1. The fourth-order valence-corrected chi connectivity index (χ4v) is 7.64. The van der Waals surface area contributed by atoms with Crippen LogP contribution in [0.2, 0.25) is 0 Å². The fourth-order valence-electron chi connectivity index (χ4n) is 6.87. The normalized spacial score (nSPS) is 21.0. The maximum absolute atomic E-state index is 12.7. The highest BCUT2D eigenvalue weighted by Gasteiger charge is 2.58. The number of nitrogen functional groups attached to an aromatic ring is 1. The van der Waals surface area contributed by atoms with Gasteiger partial charge >= 0.3 is 7.82 Å². The van der Waals surface area contributed by atoms with Crippen LogP contribution in [0.25, 0.3) is 5.52 Å². The number of unbranched alkanes of at least 4 members (excludes halogenated alkanes) is 13. The van der Waals surface area contributed by atoms with Gasteiger partial charge in [0.1, 0.15) is 42.3 Å². The Labute approximate surface area is 335 Å². The Balaban J connectivity index is 1.14. The Kier molecular flexibility index (Phi) is 19.8. The molecule has 0 radical (unpaired) electrons. The molecule has 1 aliphatic heterocycles. The van der Waals surface area contributed by atoms with Crippen molar-refractivity contribution in [3.8, 4) is 12.1 Å². The average Bonchev–Trinajstić information content (AvgIpc) is 3.76. The number of pyridine rings is 1. The summed E-state index contributed by atoms with van der Waals surface area (Å²) in [4.78, 5) is 18.5. The number of phosphoric ester groups is 1. The van der Waals surface area contributed by atoms with Gasteiger partial charge in [-0.2, -0.15) is 15.6 Å². The van der Waals surface area contributed by atoms with Gasteiger partial charge in [0, 0.05) is 12.8 Å². The zero-order valence-corrected chi connectivity index (χ0v) is 34.0. The minimum Gasteiger partial charge on any atom is -0.387 e. The number of hydrogen-bond acceptors (Lipinski definition) is 14. The van der Waals surface area contributed by atoms with E-state index in [-0.39, 0.29) is 43.9 Å². The van der Waals surface area contributed by atoms with Crippen LogP contribution in [0.5, 0.6) is 0 Å². The lowest BCUT2D eigenvalue weighted by atomic mass is 9.92. The molecular weight excluding hydrogens is 753 g/mol. The van der Waals surface area contributed by atoms with Gasteiger partial charge in [0.05, 0.1) is 49.5 Å². The number of nitrogens with zero attached hydrogens (tertiary/aromatic N) is 6. The molecule has 1 saturated heterocycles. The quantitative estimate of drug-likeness (QED) is 0.0437. The molecule has 1 aliphatic rings. The van der Waals surface area contributed by atoms with Crippen molar-refractivity contribution in [3.63, 3.8) is 0 Å². The molecule has 314 valence electrons. The molecule has 5 N–H and O–H groups in total. The summed E-state index contributed by atoms with van der Waals surface area (Å²) in [6.07, 6.45) is 16.8. The Bertz CT molecular complexity index is 1750. The third kappa shape index (κ3) is 14.4. The van der Waals surface area contributed by atoms with Crippen LogP contribution in [0.3, 0.4) is 0 Å². The highest BCUT2D eigenvalue weighted by molar-refractivity contribution is 7.47. The number of rotatable bonds is 29. The number of nitriles is 2. The molecule has 4 heterocycles. The SMILES string of the molecule is CCCCCCCCCCCCCCCCC(COCCCOP(=O)(O)OC[C@H]1O[C@@](C#N)(c2ccc3c(N)ncnn23)[C@H](O)[C@@H]1O)OCc1ccc(C#N)cn1. The highest BCUT2D eigenvalue weighted by Crippen LogP contribution is 2.46. The largest absolute Gasteiger partial charge is 0.472 e. The van der Waals surface area contributed by atoms with E-state index >= 15 is 0 Å². The lowest BCUT2D eigenvalue weighted by Crippen LogP contribution is -2.41.